The molecule has 0 saturated carbocycles. The van der Waals surface area contributed by atoms with Crippen molar-refractivity contribution in [3.05, 3.63) is 78.0 Å². The van der Waals surface area contributed by atoms with Crippen LogP contribution in [-0.2, 0) is 13.0 Å². The zero-order valence-electron chi connectivity index (χ0n) is 19.1. The third-order valence-electron chi connectivity index (χ3n) is 5.66. The van der Waals surface area contributed by atoms with Gasteiger partial charge in [0.05, 0.1) is 18.7 Å². The normalized spacial score (nSPS) is 11.4. The molecule has 174 valence electrons. The first-order valence-corrected chi connectivity index (χ1v) is 12.0. The number of hydrogen-bond acceptors (Lipinski definition) is 8. The molecular weight excluding hydrogens is 462 g/mol. The van der Waals surface area contributed by atoms with E-state index in [1.807, 2.05) is 42.6 Å². The maximum absolute atomic E-state index is 6.25. The Hall–Kier alpha value is -4.24. The topological polar surface area (TPSA) is 87.6 Å². The molecule has 0 fully saturated rings. The Bertz CT molecular complexity index is 1610. The summed E-state index contributed by atoms with van der Waals surface area (Å²) in [5, 5.41) is 6.45. The molecule has 0 spiro atoms. The Morgan fingerprint density at radius 1 is 1.06 bits per heavy atom. The van der Waals surface area contributed by atoms with Gasteiger partial charge in [-0.05, 0) is 29.7 Å². The first-order valence-electron chi connectivity index (χ1n) is 11.1. The first kappa shape index (κ1) is 21.3. The van der Waals surface area contributed by atoms with Gasteiger partial charge in [-0.2, -0.15) is 5.10 Å². The van der Waals surface area contributed by atoms with Crippen LogP contribution < -0.4 is 9.47 Å². The van der Waals surface area contributed by atoms with Crippen LogP contribution in [0.2, 0.25) is 0 Å². The summed E-state index contributed by atoms with van der Waals surface area (Å²) in [6.45, 7) is 2.47. The number of ether oxygens (including phenoxy) is 2. The average molecular weight is 484 g/mol. The van der Waals surface area contributed by atoms with E-state index in [1.54, 1.807) is 35.4 Å². The molecule has 0 unspecified atom stereocenters. The van der Waals surface area contributed by atoms with Gasteiger partial charge in [0.25, 0.3) is 0 Å². The lowest BCUT2D eigenvalue weighted by atomic mass is 10.1. The van der Waals surface area contributed by atoms with Crippen LogP contribution in [0.15, 0.2) is 71.8 Å². The molecule has 0 N–H and O–H groups in total. The molecule has 35 heavy (non-hydrogen) atoms. The second-order valence-electron chi connectivity index (χ2n) is 7.97. The van der Waals surface area contributed by atoms with Crippen molar-refractivity contribution in [3.63, 3.8) is 0 Å². The van der Waals surface area contributed by atoms with Crippen molar-refractivity contribution in [2.75, 3.05) is 7.11 Å². The average Bonchev–Trinajstić information content (AvgIpc) is 3.60. The Labute approximate surface area is 204 Å². The van der Waals surface area contributed by atoms with Gasteiger partial charge in [-0.1, -0.05) is 36.5 Å². The molecule has 4 heterocycles. The number of furan rings is 1. The highest BCUT2D eigenvalue weighted by Gasteiger charge is 2.17. The van der Waals surface area contributed by atoms with Crippen molar-refractivity contribution in [1.29, 1.82) is 0 Å². The van der Waals surface area contributed by atoms with Gasteiger partial charge in [0, 0.05) is 30.1 Å². The van der Waals surface area contributed by atoms with E-state index in [2.05, 4.69) is 28.1 Å². The fourth-order valence-corrected chi connectivity index (χ4v) is 4.71. The summed E-state index contributed by atoms with van der Waals surface area (Å²) in [5.41, 5.74) is 4.41. The Morgan fingerprint density at radius 3 is 2.74 bits per heavy atom. The molecule has 2 aromatic carbocycles. The number of methoxy groups -OCH3 is 1. The molecule has 8 nitrogen and oxygen atoms in total. The summed E-state index contributed by atoms with van der Waals surface area (Å²) in [7, 11) is 1.63. The molecule has 0 atom stereocenters. The zero-order valence-corrected chi connectivity index (χ0v) is 20.0. The van der Waals surface area contributed by atoms with E-state index in [4.69, 9.17) is 18.9 Å². The van der Waals surface area contributed by atoms with E-state index in [1.165, 1.54) is 6.33 Å². The quantitative estimate of drug-likeness (QED) is 0.283. The standard InChI is InChI=1S/C26H21N5O3S/c1-3-25-30-31-13-21(29-26(31)35-25)24-10-20-22(8-19(32-2)9-23(20)34-24)33-14-16-5-4-6-17(7-16)18-11-27-15-28-12-18/h4-13,15H,3,14H2,1-2H3. The molecule has 0 saturated heterocycles. The van der Waals surface area contributed by atoms with Crippen LogP contribution in [0.5, 0.6) is 11.5 Å². The molecule has 0 aliphatic carbocycles. The van der Waals surface area contributed by atoms with Crippen LogP contribution in [0.3, 0.4) is 0 Å². The van der Waals surface area contributed by atoms with Gasteiger partial charge in [0.1, 0.15) is 40.7 Å². The Morgan fingerprint density at radius 2 is 1.94 bits per heavy atom. The van der Waals surface area contributed by atoms with Gasteiger partial charge in [0.15, 0.2) is 5.76 Å². The van der Waals surface area contributed by atoms with Crippen molar-refractivity contribution >= 4 is 27.3 Å². The fourth-order valence-electron chi connectivity index (χ4n) is 3.90. The molecule has 0 amide bonds. The number of hydrogen-bond donors (Lipinski definition) is 0. The van der Waals surface area contributed by atoms with Crippen LogP contribution in [0.1, 0.15) is 17.5 Å². The predicted octanol–water partition coefficient (Wildman–Crippen LogP) is 5.81. The van der Waals surface area contributed by atoms with Crippen molar-refractivity contribution in [3.8, 4) is 34.1 Å². The largest absolute Gasteiger partial charge is 0.496 e. The molecule has 9 heteroatoms. The van der Waals surface area contributed by atoms with E-state index in [0.717, 1.165) is 44.2 Å². The van der Waals surface area contributed by atoms with Crippen molar-refractivity contribution in [1.82, 2.24) is 24.6 Å². The minimum atomic E-state index is 0.383. The highest BCUT2D eigenvalue weighted by Crippen LogP contribution is 2.37. The lowest BCUT2D eigenvalue weighted by Crippen LogP contribution is -1.97. The fraction of sp³-hybridized carbons (Fsp3) is 0.154. The molecular formula is C26H21N5O3S. The molecule has 4 aromatic heterocycles. The molecule has 0 radical (unpaired) electrons. The van der Waals surface area contributed by atoms with Gasteiger partial charge in [-0.15, -0.1) is 0 Å². The van der Waals surface area contributed by atoms with Crippen molar-refractivity contribution in [2.24, 2.45) is 0 Å². The lowest BCUT2D eigenvalue weighted by Gasteiger charge is -2.10. The first-order chi connectivity index (χ1) is 17.2. The number of benzene rings is 2. The molecule has 0 aliphatic heterocycles. The zero-order chi connectivity index (χ0) is 23.8. The Balaban J connectivity index is 1.31. The number of imidazole rings is 1. The maximum Gasteiger partial charge on any atom is 0.212 e. The van der Waals surface area contributed by atoms with Gasteiger partial charge in [-0.25, -0.2) is 19.5 Å². The van der Waals surface area contributed by atoms with Crippen LogP contribution in [0, 0.1) is 0 Å². The summed E-state index contributed by atoms with van der Waals surface area (Å²) in [5.74, 6) is 1.99. The van der Waals surface area contributed by atoms with Crippen molar-refractivity contribution < 1.29 is 13.9 Å². The van der Waals surface area contributed by atoms with E-state index in [0.29, 0.717) is 29.4 Å². The SMILES string of the molecule is CCc1nn2cc(-c3cc4c(OCc5cccc(-c6cncnc6)c5)cc(OC)cc4o3)nc2s1. The number of aryl methyl sites for hydroxylation is 1. The molecule has 0 bridgehead atoms. The van der Waals surface area contributed by atoms with Gasteiger partial charge in [0.2, 0.25) is 4.96 Å². The summed E-state index contributed by atoms with van der Waals surface area (Å²) in [4.78, 5) is 13.8. The van der Waals surface area contributed by atoms with Crippen LogP contribution in [0.4, 0.5) is 0 Å². The summed E-state index contributed by atoms with van der Waals surface area (Å²) in [6, 6.07) is 13.8. The third-order valence-corrected chi connectivity index (χ3v) is 6.73. The van der Waals surface area contributed by atoms with E-state index < -0.39 is 0 Å². The van der Waals surface area contributed by atoms with E-state index in [-0.39, 0.29) is 0 Å². The number of rotatable bonds is 7. The monoisotopic (exact) mass is 483 g/mol. The van der Waals surface area contributed by atoms with Gasteiger partial charge in [-0.3, -0.25) is 0 Å². The lowest BCUT2D eigenvalue weighted by molar-refractivity contribution is 0.307. The summed E-state index contributed by atoms with van der Waals surface area (Å²) in [6.07, 6.45) is 7.89. The Kier molecular flexibility index (Phi) is 5.38. The van der Waals surface area contributed by atoms with Gasteiger partial charge < -0.3 is 13.9 Å². The van der Waals surface area contributed by atoms with E-state index >= 15 is 0 Å². The number of aromatic nitrogens is 5. The predicted molar refractivity (Wildman–Crippen MR) is 134 cm³/mol. The molecule has 0 aliphatic rings. The minimum absolute atomic E-state index is 0.383. The van der Waals surface area contributed by atoms with Crippen molar-refractivity contribution in [2.45, 2.75) is 20.0 Å². The highest BCUT2D eigenvalue weighted by molar-refractivity contribution is 7.16. The third kappa shape index (κ3) is 4.10. The second-order valence-corrected chi connectivity index (χ2v) is 9.01. The second kappa shape index (κ2) is 8.84. The van der Waals surface area contributed by atoms with Gasteiger partial charge >= 0.3 is 0 Å². The highest BCUT2D eigenvalue weighted by atomic mass is 32.1. The number of nitrogens with zero attached hydrogens (tertiary/aromatic N) is 5. The van der Waals surface area contributed by atoms with Crippen LogP contribution >= 0.6 is 11.3 Å². The van der Waals surface area contributed by atoms with Crippen LogP contribution in [0.25, 0.3) is 38.5 Å². The van der Waals surface area contributed by atoms with Crippen LogP contribution in [-0.4, -0.2) is 31.7 Å². The molecule has 6 aromatic rings. The van der Waals surface area contributed by atoms with E-state index in [9.17, 15) is 0 Å². The number of fused-ring (bicyclic) bond motifs is 2. The smallest absolute Gasteiger partial charge is 0.212 e. The minimum Gasteiger partial charge on any atom is -0.496 e. The maximum atomic E-state index is 6.25. The summed E-state index contributed by atoms with van der Waals surface area (Å²) >= 11 is 1.58. The molecule has 6 rings (SSSR count). The summed E-state index contributed by atoms with van der Waals surface area (Å²) < 4.78 is 19.7.